The summed E-state index contributed by atoms with van der Waals surface area (Å²) < 4.78 is 0. The largest absolute Gasteiger partial charge is 0.402 e. The Bertz CT molecular complexity index is 97.1. The van der Waals surface area contributed by atoms with Crippen LogP contribution in [-0.2, 0) is 0 Å². The standard InChI is InChI=1S/C7H15NO/c1-3-4-7(8)5-6(2)9/h4,6,9H,3,5,8H2,1-2H3/b7-4+. The monoisotopic (exact) mass is 129 g/mol. The second-order valence-electron chi connectivity index (χ2n) is 2.24. The SMILES string of the molecule is CC/C=C(/N)CC(C)O. The second-order valence-corrected chi connectivity index (χ2v) is 2.24. The molecule has 0 bridgehead atoms. The molecule has 0 saturated carbocycles. The lowest BCUT2D eigenvalue weighted by molar-refractivity contribution is 0.195. The van der Waals surface area contributed by atoms with Gasteiger partial charge in [-0.3, -0.25) is 0 Å². The molecule has 0 amide bonds. The average Bonchev–Trinajstić information content (AvgIpc) is 1.63. The normalized spacial score (nSPS) is 15.7. The zero-order chi connectivity index (χ0) is 7.28. The van der Waals surface area contributed by atoms with Crippen LogP contribution < -0.4 is 5.73 Å². The van der Waals surface area contributed by atoms with Crippen molar-refractivity contribution in [1.29, 1.82) is 0 Å². The quantitative estimate of drug-likeness (QED) is 0.597. The number of nitrogens with two attached hydrogens (primary N) is 1. The first-order valence-corrected chi connectivity index (χ1v) is 3.29. The molecule has 0 aliphatic rings. The van der Waals surface area contributed by atoms with E-state index in [1.54, 1.807) is 6.92 Å². The van der Waals surface area contributed by atoms with Crippen molar-refractivity contribution in [3.63, 3.8) is 0 Å². The van der Waals surface area contributed by atoms with Crippen LogP contribution in [0.15, 0.2) is 11.8 Å². The predicted molar refractivity (Wildman–Crippen MR) is 38.9 cm³/mol. The zero-order valence-electron chi connectivity index (χ0n) is 6.09. The summed E-state index contributed by atoms with van der Waals surface area (Å²) in [7, 11) is 0. The molecule has 9 heavy (non-hydrogen) atoms. The van der Waals surface area contributed by atoms with Crippen LogP contribution >= 0.6 is 0 Å². The Balaban J connectivity index is 3.49. The number of hydrogen-bond donors (Lipinski definition) is 2. The van der Waals surface area contributed by atoms with Gasteiger partial charge < -0.3 is 10.8 Å². The third kappa shape index (κ3) is 5.37. The van der Waals surface area contributed by atoms with Crippen molar-refractivity contribution in [2.45, 2.75) is 32.8 Å². The van der Waals surface area contributed by atoms with E-state index < -0.39 is 0 Å². The fourth-order valence-electron chi connectivity index (χ4n) is 0.687. The molecule has 54 valence electrons. The number of aliphatic hydroxyl groups is 1. The van der Waals surface area contributed by atoms with Crippen molar-refractivity contribution in [2.24, 2.45) is 5.73 Å². The topological polar surface area (TPSA) is 46.2 Å². The maximum atomic E-state index is 8.83. The molecule has 0 fully saturated rings. The molecule has 0 spiro atoms. The van der Waals surface area contributed by atoms with E-state index in [-0.39, 0.29) is 6.10 Å². The fourth-order valence-corrected chi connectivity index (χ4v) is 0.687. The predicted octanol–water partition coefficient (Wildman–Crippen LogP) is 1.01. The van der Waals surface area contributed by atoms with Crippen molar-refractivity contribution in [3.8, 4) is 0 Å². The molecule has 0 aromatic rings. The Morgan fingerprint density at radius 3 is 2.67 bits per heavy atom. The highest BCUT2D eigenvalue weighted by atomic mass is 16.3. The van der Waals surface area contributed by atoms with Gasteiger partial charge >= 0.3 is 0 Å². The van der Waals surface area contributed by atoms with Gasteiger partial charge in [0.25, 0.3) is 0 Å². The van der Waals surface area contributed by atoms with Crippen LogP contribution in [0.3, 0.4) is 0 Å². The van der Waals surface area contributed by atoms with Crippen molar-refractivity contribution >= 4 is 0 Å². The van der Waals surface area contributed by atoms with Crippen molar-refractivity contribution in [1.82, 2.24) is 0 Å². The Hall–Kier alpha value is -0.500. The van der Waals surface area contributed by atoms with E-state index in [0.29, 0.717) is 6.42 Å². The van der Waals surface area contributed by atoms with Crippen LogP contribution in [-0.4, -0.2) is 11.2 Å². The van der Waals surface area contributed by atoms with Gasteiger partial charge in [0.15, 0.2) is 0 Å². The summed E-state index contributed by atoms with van der Waals surface area (Å²) in [6.07, 6.45) is 3.15. The smallest absolute Gasteiger partial charge is 0.0566 e. The molecule has 0 rings (SSSR count). The van der Waals surface area contributed by atoms with Gasteiger partial charge in [-0.15, -0.1) is 0 Å². The highest BCUT2D eigenvalue weighted by Gasteiger charge is 1.95. The minimum Gasteiger partial charge on any atom is -0.402 e. The summed E-state index contributed by atoms with van der Waals surface area (Å²) >= 11 is 0. The molecule has 2 nitrogen and oxygen atoms in total. The van der Waals surface area contributed by atoms with Gasteiger partial charge in [-0.2, -0.15) is 0 Å². The lowest BCUT2D eigenvalue weighted by atomic mass is 10.2. The van der Waals surface area contributed by atoms with E-state index in [1.807, 2.05) is 13.0 Å². The summed E-state index contributed by atoms with van der Waals surface area (Å²) in [5.41, 5.74) is 6.27. The third-order valence-electron chi connectivity index (χ3n) is 0.997. The van der Waals surface area contributed by atoms with Gasteiger partial charge in [0.2, 0.25) is 0 Å². The molecular formula is C7H15NO. The van der Waals surface area contributed by atoms with Crippen molar-refractivity contribution < 1.29 is 5.11 Å². The number of rotatable bonds is 3. The van der Waals surface area contributed by atoms with Crippen LogP contribution in [0.4, 0.5) is 0 Å². The highest BCUT2D eigenvalue weighted by molar-refractivity contribution is 4.96. The molecule has 0 radical (unpaired) electrons. The van der Waals surface area contributed by atoms with E-state index in [0.717, 1.165) is 12.1 Å². The van der Waals surface area contributed by atoms with Gasteiger partial charge in [-0.05, 0) is 13.3 Å². The van der Waals surface area contributed by atoms with Crippen LogP contribution in [0.5, 0.6) is 0 Å². The van der Waals surface area contributed by atoms with E-state index in [4.69, 9.17) is 10.8 Å². The van der Waals surface area contributed by atoms with Crippen LogP contribution in [0.2, 0.25) is 0 Å². The molecule has 0 aliphatic carbocycles. The maximum Gasteiger partial charge on any atom is 0.0566 e. The first-order chi connectivity index (χ1) is 4.16. The first-order valence-electron chi connectivity index (χ1n) is 3.29. The molecule has 1 atom stereocenters. The minimum atomic E-state index is -0.312. The number of allylic oxidation sites excluding steroid dienone is 1. The Labute approximate surface area is 56.4 Å². The summed E-state index contributed by atoms with van der Waals surface area (Å²) in [4.78, 5) is 0. The molecule has 0 aromatic carbocycles. The van der Waals surface area contributed by atoms with Crippen molar-refractivity contribution in [2.75, 3.05) is 0 Å². The Morgan fingerprint density at radius 2 is 2.33 bits per heavy atom. The lowest BCUT2D eigenvalue weighted by Crippen LogP contribution is -2.07. The molecule has 0 aliphatic heterocycles. The first kappa shape index (κ1) is 8.50. The van der Waals surface area contributed by atoms with E-state index in [1.165, 1.54) is 0 Å². The van der Waals surface area contributed by atoms with Crippen LogP contribution in [0, 0.1) is 0 Å². The molecule has 1 unspecified atom stereocenters. The number of hydrogen-bond acceptors (Lipinski definition) is 2. The Kier molecular flexibility index (Phi) is 4.14. The summed E-state index contributed by atoms with van der Waals surface area (Å²) in [5.74, 6) is 0. The van der Waals surface area contributed by atoms with Gasteiger partial charge in [0, 0.05) is 12.1 Å². The van der Waals surface area contributed by atoms with Crippen LogP contribution in [0.1, 0.15) is 26.7 Å². The second kappa shape index (κ2) is 4.39. The van der Waals surface area contributed by atoms with E-state index in [9.17, 15) is 0 Å². The van der Waals surface area contributed by atoms with Gasteiger partial charge in [-0.25, -0.2) is 0 Å². The molecule has 0 saturated heterocycles. The van der Waals surface area contributed by atoms with E-state index >= 15 is 0 Å². The minimum absolute atomic E-state index is 0.312. The summed E-state index contributed by atoms with van der Waals surface area (Å²) in [6, 6.07) is 0. The van der Waals surface area contributed by atoms with Gasteiger partial charge in [0.1, 0.15) is 0 Å². The molecule has 0 heterocycles. The van der Waals surface area contributed by atoms with E-state index in [2.05, 4.69) is 0 Å². The molecular weight excluding hydrogens is 114 g/mol. The van der Waals surface area contributed by atoms with Gasteiger partial charge in [-0.1, -0.05) is 13.0 Å². The Morgan fingerprint density at radius 1 is 1.78 bits per heavy atom. The summed E-state index contributed by atoms with van der Waals surface area (Å²) in [6.45, 7) is 3.76. The maximum absolute atomic E-state index is 8.83. The summed E-state index contributed by atoms with van der Waals surface area (Å²) in [5, 5.41) is 8.83. The molecule has 0 aromatic heterocycles. The van der Waals surface area contributed by atoms with Crippen LogP contribution in [0.25, 0.3) is 0 Å². The van der Waals surface area contributed by atoms with Crippen molar-refractivity contribution in [3.05, 3.63) is 11.8 Å². The lowest BCUT2D eigenvalue weighted by Gasteiger charge is -2.02. The third-order valence-corrected chi connectivity index (χ3v) is 0.997. The van der Waals surface area contributed by atoms with Gasteiger partial charge in [0.05, 0.1) is 6.10 Å². The molecule has 2 heteroatoms. The fraction of sp³-hybridized carbons (Fsp3) is 0.714. The highest BCUT2D eigenvalue weighted by Crippen LogP contribution is 1.98. The number of aliphatic hydroxyl groups excluding tert-OH is 1. The average molecular weight is 129 g/mol. The molecule has 3 N–H and O–H groups in total. The zero-order valence-corrected chi connectivity index (χ0v) is 6.09.